The third-order valence-corrected chi connectivity index (χ3v) is 3.08. The molecule has 5 heteroatoms. The van der Waals surface area contributed by atoms with Crippen LogP contribution in [0.5, 0.6) is 0 Å². The summed E-state index contributed by atoms with van der Waals surface area (Å²) < 4.78 is 3.16. The molecule has 0 saturated heterocycles. The minimum absolute atomic E-state index is 0.132. The predicted molar refractivity (Wildman–Crippen MR) is 64.0 cm³/mol. The maximum Gasteiger partial charge on any atom is 0.278 e. The highest BCUT2D eigenvalue weighted by atomic mass is 16.1. The fraction of sp³-hybridized carbons (Fsp3) is 0.417. The van der Waals surface area contributed by atoms with Gasteiger partial charge in [0.2, 0.25) is 0 Å². The van der Waals surface area contributed by atoms with Crippen molar-refractivity contribution >= 4 is 5.65 Å². The van der Waals surface area contributed by atoms with Crippen molar-refractivity contribution in [1.82, 2.24) is 14.2 Å². The van der Waals surface area contributed by atoms with Gasteiger partial charge in [0, 0.05) is 18.3 Å². The molecule has 0 aliphatic heterocycles. The Balaban J connectivity index is 3.04. The van der Waals surface area contributed by atoms with Gasteiger partial charge in [-0.05, 0) is 12.8 Å². The standard InChI is InChI=1S/C12H14N4O/c1-7(2)10-8(3)15(4)11-9(5-13)6-14-16(11)12(10)17/h6-7H,1-4H3. The predicted octanol–water partition coefficient (Wildman–Crippen LogP) is 1.34. The molecule has 2 aromatic rings. The Kier molecular flexibility index (Phi) is 2.50. The second-order valence-corrected chi connectivity index (χ2v) is 4.42. The summed E-state index contributed by atoms with van der Waals surface area (Å²) in [5, 5.41) is 13.0. The highest BCUT2D eigenvalue weighted by Crippen LogP contribution is 2.17. The molecule has 0 unspecified atom stereocenters. The van der Waals surface area contributed by atoms with Gasteiger partial charge in [0.15, 0.2) is 5.65 Å². The van der Waals surface area contributed by atoms with Crippen molar-refractivity contribution < 1.29 is 0 Å². The van der Waals surface area contributed by atoms with Crippen LogP contribution >= 0.6 is 0 Å². The lowest BCUT2D eigenvalue weighted by Crippen LogP contribution is -2.25. The first-order valence-corrected chi connectivity index (χ1v) is 5.46. The van der Waals surface area contributed by atoms with Gasteiger partial charge in [-0.1, -0.05) is 13.8 Å². The summed E-state index contributed by atoms with van der Waals surface area (Å²) in [6, 6.07) is 2.05. The number of aromatic nitrogens is 3. The summed E-state index contributed by atoms with van der Waals surface area (Å²) in [6.45, 7) is 5.85. The Labute approximate surface area is 98.9 Å². The van der Waals surface area contributed by atoms with Crippen molar-refractivity contribution in [1.29, 1.82) is 5.26 Å². The summed E-state index contributed by atoms with van der Waals surface area (Å²) in [5.41, 5.74) is 2.47. The van der Waals surface area contributed by atoms with Crippen LogP contribution in [0.25, 0.3) is 5.65 Å². The average Bonchev–Trinajstić information content (AvgIpc) is 2.69. The summed E-state index contributed by atoms with van der Waals surface area (Å²) in [4.78, 5) is 12.2. The molecule has 17 heavy (non-hydrogen) atoms. The Morgan fingerprint density at radius 2 is 2.12 bits per heavy atom. The number of hydrogen-bond acceptors (Lipinski definition) is 3. The van der Waals surface area contributed by atoms with Crippen LogP contribution in [0.1, 0.15) is 36.6 Å². The van der Waals surface area contributed by atoms with Crippen molar-refractivity contribution in [2.45, 2.75) is 26.7 Å². The third kappa shape index (κ3) is 1.45. The first kappa shape index (κ1) is 11.4. The van der Waals surface area contributed by atoms with E-state index in [0.717, 1.165) is 11.3 Å². The molecule has 0 spiro atoms. The van der Waals surface area contributed by atoms with Crippen molar-refractivity contribution in [2.24, 2.45) is 7.05 Å². The molecule has 0 bridgehead atoms. The van der Waals surface area contributed by atoms with Crippen molar-refractivity contribution in [3.8, 4) is 6.07 Å². The molecule has 88 valence electrons. The fourth-order valence-electron chi connectivity index (χ4n) is 2.17. The number of nitrogens with zero attached hydrogens (tertiary/aromatic N) is 4. The highest BCUT2D eigenvalue weighted by Gasteiger charge is 2.17. The van der Waals surface area contributed by atoms with Gasteiger partial charge in [0.05, 0.1) is 6.20 Å². The van der Waals surface area contributed by atoms with Gasteiger partial charge in [-0.2, -0.15) is 14.9 Å². The SMILES string of the molecule is Cc1c(C(C)C)c(=O)n2ncc(C#N)c2n1C. The Morgan fingerprint density at radius 1 is 1.47 bits per heavy atom. The topological polar surface area (TPSA) is 63.1 Å². The van der Waals surface area contributed by atoms with Crippen molar-refractivity contribution in [2.75, 3.05) is 0 Å². The molecule has 0 aliphatic rings. The van der Waals surface area contributed by atoms with E-state index in [0.29, 0.717) is 11.2 Å². The van der Waals surface area contributed by atoms with E-state index in [9.17, 15) is 4.79 Å². The normalized spacial score (nSPS) is 11.1. The molecule has 0 radical (unpaired) electrons. The first-order chi connectivity index (χ1) is 7.99. The van der Waals surface area contributed by atoms with E-state index in [1.165, 1.54) is 10.7 Å². The minimum Gasteiger partial charge on any atom is -0.332 e. The van der Waals surface area contributed by atoms with Crippen LogP contribution in [-0.2, 0) is 7.05 Å². The summed E-state index contributed by atoms with van der Waals surface area (Å²) in [5.74, 6) is 0.132. The van der Waals surface area contributed by atoms with E-state index in [1.807, 2.05) is 32.4 Å². The van der Waals surface area contributed by atoms with Crippen molar-refractivity contribution in [3.05, 3.63) is 33.4 Å². The van der Waals surface area contributed by atoms with Gasteiger partial charge >= 0.3 is 0 Å². The zero-order valence-corrected chi connectivity index (χ0v) is 10.4. The van der Waals surface area contributed by atoms with Gasteiger partial charge in [-0.25, -0.2) is 0 Å². The molecule has 0 fully saturated rings. The molecule has 0 N–H and O–H groups in total. The lowest BCUT2D eigenvalue weighted by Gasteiger charge is -2.14. The first-order valence-electron chi connectivity index (χ1n) is 5.46. The maximum absolute atomic E-state index is 12.2. The molecular formula is C12H14N4O. The molecule has 0 saturated carbocycles. The number of nitriles is 1. The van der Waals surface area contributed by atoms with Gasteiger partial charge < -0.3 is 4.57 Å². The summed E-state index contributed by atoms with van der Waals surface area (Å²) in [6.07, 6.45) is 1.43. The number of rotatable bonds is 1. The van der Waals surface area contributed by atoms with E-state index in [-0.39, 0.29) is 11.5 Å². The summed E-state index contributed by atoms with van der Waals surface area (Å²) >= 11 is 0. The van der Waals surface area contributed by atoms with E-state index in [1.54, 1.807) is 0 Å². The zero-order chi connectivity index (χ0) is 12.7. The number of fused-ring (bicyclic) bond motifs is 1. The second-order valence-electron chi connectivity index (χ2n) is 4.42. The van der Waals surface area contributed by atoms with Crippen LogP contribution in [0, 0.1) is 18.3 Å². The quantitative estimate of drug-likeness (QED) is 0.742. The van der Waals surface area contributed by atoms with Crippen LogP contribution in [0.2, 0.25) is 0 Å². The molecule has 0 atom stereocenters. The number of hydrogen-bond donors (Lipinski definition) is 0. The lowest BCUT2D eigenvalue weighted by molar-refractivity contribution is 0.727. The molecule has 0 aliphatic carbocycles. The Bertz CT molecular complexity index is 685. The summed E-state index contributed by atoms with van der Waals surface area (Å²) in [7, 11) is 1.85. The molecule has 2 aromatic heterocycles. The second kappa shape index (κ2) is 3.74. The van der Waals surface area contributed by atoms with Gasteiger partial charge in [0.25, 0.3) is 5.56 Å². The van der Waals surface area contributed by atoms with E-state index < -0.39 is 0 Å². The fourth-order valence-corrected chi connectivity index (χ4v) is 2.17. The molecule has 2 heterocycles. The maximum atomic E-state index is 12.2. The van der Waals surface area contributed by atoms with Crippen LogP contribution in [0.15, 0.2) is 11.0 Å². The van der Waals surface area contributed by atoms with Gasteiger partial charge in [-0.3, -0.25) is 4.79 Å². The number of aryl methyl sites for hydroxylation is 1. The van der Waals surface area contributed by atoms with Gasteiger partial charge in [0.1, 0.15) is 11.6 Å². The molecule has 0 aromatic carbocycles. The van der Waals surface area contributed by atoms with E-state index in [4.69, 9.17) is 5.26 Å². The van der Waals surface area contributed by atoms with Crippen molar-refractivity contribution in [3.63, 3.8) is 0 Å². The molecule has 0 amide bonds. The highest BCUT2D eigenvalue weighted by molar-refractivity contribution is 5.56. The Morgan fingerprint density at radius 3 is 2.65 bits per heavy atom. The molecule has 2 rings (SSSR count). The van der Waals surface area contributed by atoms with Gasteiger partial charge in [-0.15, -0.1) is 0 Å². The molecule has 5 nitrogen and oxygen atoms in total. The van der Waals surface area contributed by atoms with Crippen LogP contribution in [0.3, 0.4) is 0 Å². The Hall–Kier alpha value is -2.09. The third-order valence-electron chi connectivity index (χ3n) is 3.08. The van der Waals surface area contributed by atoms with E-state index in [2.05, 4.69) is 11.2 Å². The molecular weight excluding hydrogens is 216 g/mol. The largest absolute Gasteiger partial charge is 0.332 e. The zero-order valence-electron chi connectivity index (χ0n) is 10.4. The monoisotopic (exact) mass is 230 g/mol. The van der Waals surface area contributed by atoms with Crippen LogP contribution < -0.4 is 5.56 Å². The lowest BCUT2D eigenvalue weighted by atomic mass is 10.0. The van der Waals surface area contributed by atoms with E-state index >= 15 is 0 Å². The minimum atomic E-state index is -0.132. The van der Waals surface area contributed by atoms with Crippen LogP contribution in [-0.4, -0.2) is 14.2 Å². The van der Waals surface area contributed by atoms with Crippen LogP contribution in [0.4, 0.5) is 0 Å². The average molecular weight is 230 g/mol. The smallest absolute Gasteiger partial charge is 0.278 e.